The number of ether oxygens (including phenoxy) is 4. The molecule has 1 rings (SSSR count). The Morgan fingerprint density at radius 2 is 1.57 bits per heavy atom. The molecule has 0 spiro atoms. The van der Waals surface area contributed by atoms with E-state index >= 15 is 0 Å². The smallest absolute Gasteiger partial charge is 0.234 e. The molecule has 0 bridgehead atoms. The fourth-order valence-electron chi connectivity index (χ4n) is 2.13. The standard InChI is InChI=1S/C15H17Cl3O5/c1-6-14(19,15(16,17)18)10-7-9(8-20-2)11(21-3)13(23-5)12(10)22-4/h1,7,19H,8H2,2-5H3. The van der Waals surface area contributed by atoms with Crippen LogP contribution in [0.2, 0.25) is 0 Å². The molecule has 0 fully saturated rings. The first kappa shape index (κ1) is 20.0. The van der Waals surface area contributed by atoms with Crippen LogP contribution >= 0.6 is 34.8 Å². The van der Waals surface area contributed by atoms with E-state index in [0.29, 0.717) is 11.3 Å². The van der Waals surface area contributed by atoms with Crippen molar-refractivity contribution >= 4 is 34.8 Å². The summed E-state index contributed by atoms with van der Waals surface area (Å²) in [4.78, 5) is 0. The maximum Gasteiger partial charge on any atom is 0.234 e. The van der Waals surface area contributed by atoms with Gasteiger partial charge in [0.1, 0.15) is 0 Å². The minimum Gasteiger partial charge on any atom is -0.492 e. The van der Waals surface area contributed by atoms with Gasteiger partial charge in [0.25, 0.3) is 0 Å². The summed E-state index contributed by atoms with van der Waals surface area (Å²) in [6.45, 7) is 0.150. The number of hydrogen-bond donors (Lipinski definition) is 1. The summed E-state index contributed by atoms with van der Waals surface area (Å²) in [6, 6.07) is 1.49. The summed E-state index contributed by atoms with van der Waals surface area (Å²) < 4.78 is 18.9. The van der Waals surface area contributed by atoms with Gasteiger partial charge in [-0.25, -0.2) is 0 Å². The number of terminal acetylenes is 1. The van der Waals surface area contributed by atoms with Gasteiger partial charge in [-0.1, -0.05) is 40.7 Å². The van der Waals surface area contributed by atoms with Gasteiger partial charge in [0.2, 0.25) is 15.1 Å². The van der Waals surface area contributed by atoms with Crippen LogP contribution in [0.25, 0.3) is 0 Å². The highest BCUT2D eigenvalue weighted by Gasteiger charge is 2.50. The Bertz CT molecular complexity index is 607. The van der Waals surface area contributed by atoms with E-state index in [-0.39, 0.29) is 23.7 Å². The normalized spacial score (nSPS) is 13.9. The maximum absolute atomic E-state index is 10.8. The zero-order chi connectivity index (χ0) is 17.8. The number of alkyl halides is 3. The molecule has 1 unspecified atom stereocenters. The predicted molar refractivity (Wildman–Crippen MR) is 89.8 cm³/mol. The Morgan fingerprint density at radius 3 is 1.91 bits per heavy atom. The molecular weight excluding hydrogens is 367 g/mol. The van der Waals surface area contributed by atoms with Crippen LogP contribution in [0.4, 0.5) is 0 Å². The van der Waals surface area contributed by atoms with E-state index in [1.54, 1.807) is 0 Å². The third kappa shape index (κ3) is 3.57. The van der Waals surface area contributed by atoms with Crippen molar-refractivity contribution in [3.05, 3.63) is 17.2 Å². The van der Waals surface area contributed by atoms with Gasteiger partial charge < -0.3 is 24.1 Å². The molecule has 23 heavy (non-hydrogen) atoms. The maximum atomic E-state index is 10.8. The van der Waals surface area contributed by atoms with E-state index in [1.807, 2.05) is 0 Å². The number of halogens is 3. The summed E-state index contributed by atoms with van der Waals surface area (Å²) >= 11 is 17.6. The highest BCUT2D eigenvalue weighted by atomic mass is 35.6. The summed E-state index contributed by atoms with van der Waals surface area (Å²) in [5.41, 5.74) is -1.68. The van der Waals surface area contributed by atoms with Crippen LogP contribution in [0.1, 0.15) is 11.1 Å². The van der Waals surface area contributed by atoms with Crippen molar-refractivity contribution in [2.45, 2.75) is 16.0 Å². The van der Waals surface area contributed by atoms with E-state index in [0.717, 1.165) is 0 Å². The fourth-order valence-corrected chi connectivity index (χ4v) is 2.60. The van der Waals surface area contributed by atoms with E-state index in [4.69, 9.17) is 60.2 Å². The molecule has 1 atom stereocenters. The van der Waals surface area contributed by atoms with Crippen LogP contribution in [-0.2, 0) is 16.9 Å². The molecule has 1 N–H and O–H groups in total. The van der Waals surface area contributed by atoms with Gasteiger partial charge in [0, 0.05) is 18.2 Å². The highest BCUT2D eigenvalue weighted by molar-refractivity contribution is 6.68. The van der Waals surface area contributed by atoms with Crippen LogP contribution in [0.5, 0.6) is 17.2 Å². The van der Waals surface area contributed by atoms with E-state index in [9.17, 15) is 5.11 Å². The number of benzene rings is 1. The van der Waals surface area contributed by atoms with Gasteiger partial charge >= 0.3 is 0 Å². The molecule has 5 nitrogen and oxygen atoms in total. The van der Waals surface area contributed by atoms with Crippen LogP contribution in [0.15, 0.2) is 6.07 Å². The number of aliphatic hydroxyl groups is 1. The van der Waals surface area contributed by atoms with Crippen molar-refractivity contribution in [1.82, 2.24) is 0 Å². The molecule has 1 aromatic rings. The first-order valence-electron chi connectivity index (χ1n) is 6.29. The zero-order valence-electron chi connectivity index (χ0n) is 13.1. The SMILES string of the molecule is C#CC(O)(c1cc(COC)c(OC)c(OC)c1OC)C(Cl)(Cl)Cl. The van der Waals surface area contributed by atoms with Crippen molar-refractivity contribution in [3.63, 3.8) is 0 Å². The second-order valence-corrected chi connectivity index (χ2v) is 6.75. The third-order valence-electron chi connectivity index (χ3n) is 3.19. The Kier molecular flexibility index (Phi) is 6.70. The van der Waals surface area contributed by atoms with Crippen molar-refractivity contribution < 1.29 is 24.1 Å². The first-order valence-corrected chi connectivity index (χ1v) is 7.43. The molecular formula is C15H17Cl3O5. The summed E-state index contributed by atoms with van der Waals surface area (Å²) in [5, 5.41) is 10.8. The molecule has 0 aliphatic rings. The van der Waals surface area contributed by atoms with E-state index in [2.05, 4.69) is 5.92 Å². The lowest BCUT2D eigenvalue weighted by Crippen LogP contribution is -2.39. The van der Waals surface area contributed by atoms with Gasteiger partial charge in [-0.05, 0) is 6.07 Å². The van der Waals surface area contributed by atoms with E-state index in [1.165, 1.54) is 34.5 Å². The van der Waals surface area contributed by atoms with Crippen LogP contribution in [-0.4, -0.2) is 37.3 Å². The zero-order valence-corrected chi connectivity index (χ0v) is 15.3. The van der Waals surface area contributed by atoms with Gasteiger partial charge in [-0.15, -0.1) is 6.42 Å². The molecule has 0 amide bonds. The number of methoxy groups -OCH3 is 4. The topological polar surface area (TPSA) is 57.2 Å². The van der Waals surface area contributed by atoms with Crippen molar-refractivity contribution in [2.75, 3.05) is 28.4 Å². The molecule has 0 heterocycles. The molecule has 8 heteroatoms. The van der Waals surface area contributed by atoms with Crippen molar-refractivity contribution in [2.24, 2.45) is 0 Å². The van der Waals surface area contributed by atoms with Crippen molar-refractivity contribution in [1.29, 1.82) is 0 Å². The van der Waals surface area contributed by atoms with Crippen LogP contribution in [0.3, 0.4) is 0 Å². The van der Waals surface area contributed by atoms with Crippen LogP contribution < -0.4 is 14.2 Å². The second-order valence-electron chi connectivity index (χ2n) is 4.47. The summed E-state index contributed by atoms with van der Waals surface area (Å²) in [7, 11) is 5.73. The molecule has 0 aliphatic heterocycles. The molecule has 0 saturated heterocycles. The Balaban J connectivity index is 3.85. The van der Waals surface area contributed by atoms with Gasteiger partial charge in [0.05, 0.1) is 27.9 Å². The fraction of sp³-hybridized carbons (Fsp3) is 0.467. The third-order valence-corrected chi connectivity index (χ3v) is 4.01. The predicted octanol–water partition coefficient (Wildman–Crippen LogP) is 3.05. The molecule has 0 saturated carbocycles. The van der Waals surface area contributed by atoms with Crippen LogP contribution in [0, 0.1) is 12.3 Å². The molecule has 0 radical (unpaired) electrons. The lowest BCUT2D eigenvalue weighted by atomic mass is 9.92. The number of hydrogen-bond acceptors (Lipinski definition) is 5. The first-order chi connectivity index (χ1) is 10.7. The van der Waals surface area contributed by atoms with E-state index < -0.39 is 9.39 Å². The lowest BCUT2D eigenvalue weighted by molar-refractivity contribution is 0.100. The average molecular weight is 384 g/mol. The second kappa shape index (κ2) is 7.69. The number of rotatable bonds is 6. The summed E-state index contributed by atoms with van der Waals surface area (Å²) in [6.07, 6.45) is 5.42. The minimum absolute atomic E-state index is 0.0483. The monoisotopic (exact) mass is 382 g/mol. The molecule has 1 aromatic carbocycles. The lowest BCUT2D eigenvalue weighted by Gasteiger charge is -2.32. The minimum atomic E-state index is -2.26. The molecule has 128 valence electrons. The van der Waals surface area contributed by atoms with Gasteiger partial charge in [0.15, 0.2) is 11.5 Å². The Labute approximate surface area is 150 Å². The quantitative estimate of drug-likeness (QED) is 0.604. The van der Waals surface area contributed by atoms with Crippen molar-refractivity contribution in [3.8, 4) is 29.6 Å². The molecule has 0 aromatic heterocycles. The highest BCUT2D eigenvalue weighted by Crippen LogP contribution is 2.52. The largest absolute Gasteiger partial charge is 0.492 e. The Hall–Kier alpha value is -1.03. The summed E-state index contributed by atoms with van der Waals surface area (Å²) in [5.74, 6) is 2.76. The average Bonchev–Trinajstić information content (AvgIpc) is 2.51. The van der Waals surface area contributed by atoms with Gasteiger partial charge in [-0.3, -0.25) is 0 Å². The Morgan fingerprint density at radius 1 is 1.04 bits per heavy atom. The molecule has 0 aliphatic carbocycles. The van der Waals surface area contributed by atoms with Gasteiger partial charge in [-0.2, -0.15) is 0 Å².